The maximum Gasteiger partial charge on any atom is 0.245 e. The Bertz CT molecular complexity index is 250. The van der Waals surface area contributed by atoms with Gasteiger partial charge in [-0.05, 0) is 6.42 Å². The fourth-order valence-electron chi connectivity index (χ4n) is 1.74. The number of carbonyl (C=O) groups excluding carboxylic acids is 2. The van der Waals surface area contributed by atoms with Gasteiger partial charge in [0.1, 0.15) is 6.04 Å². The van der Waals surface area contributed by atoms with Crippen LogP contribution in [-0.2, 0) is 9.59 Å². The molecule has 1 unspecified atom stereocenters. The van der Waals surface area contributed by atoms with E-state index in [2.05, 4.69) is 10.6 Å². The van der Waals surface area contributed by atoms with E-state index in [0.717, 1.165) is 26.2 Å². The average molecular weight is 227 g/mol. The smallest absolute Gasteiger partial charge is 0.245 e. The fraction of sp³-hybridized carbons (Fsp3) is 0.818. The average Bonchev–Trinajstić information content (AvgIpc) is 2.35. The molecule has 16 heavy (non-hydrogen) atoms. The molecule has 0 spiro atoms. The molecule has 0 aromatic carbocycles. The van der Waals surface area contributed by atoms with Crippen LogP contribution in [0.15, 0.2) is 0 Å². The summed E-state index contributed by atoms with van der Waals surface area (Å²) in [5.74, 6) is -0.0128. The van der Waals surface area contributed by atoms with Crippen LogP contribution in [0.3, 0.4) is 0 Å². The second kappa shape index (κ2) is 6.48. The molecule has 1 fully saturated rings. The predicted octanol–water partition coefficient (Wildman–Crippen LogP) is -0.277. The maximum absolute atomic E-state index is 12.1. The molecule has 0 saturated carbocycles. The van der Waals surface area contributed by atoms with Crippen LogP contribution < -0.4 is 10.6 Å². The molecule has 5 nitrogen and oxygen atoms in total. The molecule has 0 aromatic rings. The van der Waals surface area contributed by atoms with Gasteiger partial charge < -0.3 is 15.5 Å². The van der Waals surface area contributed by atoms with E-state index in [4.69, 9.17) is 0 Å². The topological polar surface area (TPSA) is 61.4 Å². The van der Waals surface area contributed by atoms with E-state index in [1.54, 1.807) is 6.92 Å². The Morgan fingerprint density at radius 2 is 1.94 bits per heavy atom. The van der Waals surface area contributed by atoms with E-state index in [1.165, 1.54) is 0 Å². The first-order valence-corrected chi connectivity index (χ1v) is 5.97. The molecule has 2 N–H and O–H groups in total. The first-order chi connectivity index (χ1) is 7.69. The van der Waals surface area contributed by atoms with Gasteiger partial charge in [0.15, 0.2) is 0 Å². The second-order valence-corrected chi connectivity index (χ2v) is 3.96. The summed E-state index contributed by atoms with van der Waals surface area (Å²) in [7, 11) is 0. The summed E-state index contributed by atoms with van der Waals surface area (Å²) in [5.41, 5.74) is 0. The van der Waals surface area contributed by atoms with Crippen LogP contribution in [0.4, 0.5) is 0 Å². The molecule has 0 aliphatic carbocycles. The van der Waals surface area contributed by atoms with Crippen LogP contribution >= 0.6 is 0 Å². The van der Waals surface area contributed by atoms with E-state index in [0.29, 0.717) is 12.8 Å². The number of nitrogens with one attached hydrogen (secondary N) is 2. The third-order valence-corrected chi connectivity index (χ3v) is 2.79. The summed E-state index contributed by atoms with van der Waals surface area (Å²) >= 11 is 0. The number of hydrogen-bond acceptors (Lipinski definition) is 3. The summed E-state index contributed by atoms with van der Waals surface area (Å²) < 4.78 is 0. The molecule has 1 rings (SSSR count). The number of amides is 2. The van der Waals surface area contributed by atoms with Crippen molar-refractivity contribution < 1.29 is 9.59 Å². The molecule has 0 bridgehead atoms. The SMILES string of the molecule is CCC(=O)NC(CC)C(=O)N1CCNCC1. The van der Waals surface area contributed by atoms with Gasteiger partial charge in [-0.1, -0.05) is 13.8 Å². The summed E-state index contributed by atoms with van der Waals surface area (Å²) in [5, 5.41) is 5.96. The van der Waals surface area contributed by atoms with Crippen molar-refractivity contribution in [2.45, 2.75) is 32.7 Å². The molecule has 5 heteroatoms. The number of hydrogen-bond donors (Lipinski definition) is 2. The molecule has 1 aliphatic heterocycles. The lowest BCUT2D eigenvalue weighted by Gasteiger charge is -2.30. The molecule has 2 amide bonds. The van der Waals surface area contributed by atoms with Gasteiger partial charge in [-0.25, -0.2) is 0 Å². The number of rotatable bonds is 4. The van der Waals surface area contributed by atoms with E-state index in [1.807, 2.05) is 11.8 Å². The van der Waals surface area contributed by atoms with Crippen molar-refractivity contribution >= 4 is 11.8 Å². The van der Waals surface area contributed by atoms with Gasteiger partial charge >= 0.3 is 0 Å². The lowest BCUT2D eigenvalue weighted by Crippen LogP contribution is -2.53. The predicted molar refractivity (Wildman–Crippen MR) is 62.0 cm³/mol. The van der Waals surface area contributed by atoms with Gasteiger partial charge in [0.25, 0.3) is 0 Å². The lowest BCUT2D eigenvalue weighted by molar-refractivity contribution is -0.137. The molecule has 1 saturated heterocycles. The molecule has 1 aliphatic rings. The molecule has 0 radical (unpaired) electrons. The van der Waals surface area contributed by atoms with Crippen molar-refractivity contribution in [2.24, 2.45) is 0 Å². The summed E-state index contributed by atoms with van der Waals surface area (Å²) in [4.78, 5) is 25.2. The van der Waals surface area contributed by atoms with Crippen LogP contribution in [0.2, 0.25) is 0 Å². The largest absolute Gasteiger partial charge is 0.344 e. The number of nitrogens with zero attached hydrogens (tertiary/aromatic N) is 1. The van der Waals surface area contributed by atoms with Crippen LogP contribution in [0.5, 0.6) is 0 Å². The van der Waals surface area contributed by atoms with E-state index < -0.39 is 0 Å². The third kappa shape index (κ3) is 3.48. The van der Waals surface area contributed by atoms with Crippen LogP contribution in [-0.4, -0.2) is 48.9 Å². The van der Waals surface area contributed by atoms with Gasteiger partial charge in [-0.15, -0.1) is 0 Å². The number of carbonyl (C=O) groups is 2. The van der Waals surface area contributed by atoms with Crippen LogP contribution in [0.1, 0.15) is 26.7 Å². The zero-order chi connectivity index (χ0) is 12.0. The zero-order valence-corrected chi connectivity index (χ0v) is 10.1. The van der Waals surface area contributed by atoms with Gasteiger partial charge in [0, 0.05) is 32.6 Å². The van der Waals surface area contributed by atoms with Crippen molar-refractivity contribution in [2.75, 3.05) is 26.2 Å². The van der Waals surface area contributed by atoms with E-state index in [-0.39, 0.29) is 17.9 Å². The minimum Gasteiger partial charge on any atom is -0.344 e. The molecular formula is C11H21N3O2. The normalized spacial score (nSPS) is 18.0. The zero-order valence-electron chi connectivity index (χ0n) is 10.1. The molecule has 0 aromatic heterocycles. The fourth-order valence-corrected chi connectivity index (χ4v) is 1.74. The minimum atomic E-state index is -0.356. The van der Waals surface area contributed by atoms with Crippen molar-refractivity contribution in [1.29, 1.82) is 0 Å². The third-order valence-electron chi connectivity index (χ3n) is 2.79. The Kier molecular flexibility index (Phi) is 5.25. The second-order valence-electron chi connectivity index (χ2n) is 3.96. The first-order valence-electron chi connectivity index (χ1n) is 5.97. The van der Waals surface area contributed by atoms with Gasteiger partial charge in [0.2, 0.25) is 11.8 Å². The van der Waals surface area contributed by atoms with Crippen LogP contribution in [0, 0.1) is 0 Å². The standard InChI is InChI=1S/C11H21N3O2/c1-3-9(13-10(15)4-2)11(16)14-7-5-12-6-8-14/h9,12H,3-8H2,1-2H3,(H,13,15). The van der Waals surface area contributed by atoms with Crippen molar-refractivity contribution in [3.05, 3.63) is 0 Å². The minimum absolute atomic E-state index is 0.0470. The summed E-state index contributed by atoms with van der Waals surface area (Å²) in [6, 6.07) is -0.356. The highest BCUT2D eigenvalue weighted by Crippen LogP contribution is 2.01. The number of piperazine rings is 1. The van der Waals surface area contributed by atoms with E-state index >= 15 is 0 Å². The van der Waals surface area contributed by atoms with Gasteiger partial charge in [-0.2, -0.15) is 0 Å². The van der Waals surface area contributed by atoms with E-state index in [9.17, 15) is 9.59 Å². The Hall–Kier alpha value is -1.10. The van der Waals surface area contributed by atoms with Crippen molar-refractivity contribution in [3.8, 4) is 0 Å². The summed E-state index contributed by atoms with van der Waals surface area (Å²) in [6.45, 7) is 6.85. The van der Waals surface area contributed by atoms with Crippen LogP contribution in [0.25, 0.3) is 0 Å². The molecular weight excluding hydrogens is 206 g/mol. The Morgan fingerprint density at radius 1 is 1.31 bits per heavy atom. The monoisotopic (exact) mass is 227 g/mol. The molecule has 1 heterocycles. The highest BCUT2D eigenvalue weighted by atomic mass is 16.2. The highest BCUT2D eigenvalue weighted by molar-refractivity contribution is 5.87. The first kappa shape index (κ1) is 13.0. The Morgan fingerprint density at radius 3 is 2.44 bits per heavy atom. The quantitative estimate of drug-likeness (QED) is 0.694. The molecule has 1 atom stereocenters. The maximum atomic E-state index is 12.1. The summed E-state index contributed by atoms with van der Waals surface area (Å²) in [6.07, 6.45) is 1.07. The molecule has 92 valence electrons. The van der Waals surface area contributed by atoms with Gasteiger partial charge in [0.05, 0.1) is 0 Å². The van der Waals surface area contributed by atoms with Crippen molar-refractivity contribution in [1.82, 2.24) is 15.5 Å². The lowest BCUT2D eigenvalue weighted by atomic mass is 10.1. The highest BCUT2D eigenvalue weighted by Gasteiger charge is 2.24. The van der Waals surface area contributed by atoms with Crippen molar-refractivity contribution in [3.63, 3.8) is 0 Å². The Balaban J connectivity index is 2.50. The van der Waals surface area contributed by atoms with Gasteiger partial charge in [-0.3, -0.25) is 9.59 Å². The Labute approximate surface area is 96.6 Å².